The average Bonchev–Trinajstić information content (AvgIpc) is 2.95. The van der Waals surface area contributed by atoms with Crippen molar-refractivity contribution in [3.05, 3.63) is 18.0 Å². The van der Waals surface area contributed by atoms with Gasteiger partial charge in [-0.15, -0.1) is 0 Å². The highest BCUT2D eigenvalue weighted by atomic mass is 16.5. The van der Waals surface area contributed by atoms with Gasteiger partial charge in [0.05, 0.1) is 18.3 Å². The smallest absolute Gasteiger partial charge is 0.0702 e. The Morgan fingerprint density at radius 2 is 2.35 bits per heavy atom. The molecule has 0 aromatic carbocycles. The van der Waals surface area contributed by atoms with Crippen LogP contribution in [0.5, 0.6) is 0 Å². The highest BCUT2D eigenvalue weighted by Crippen LogP contribution is 2.24. The Morgan fingerprint density at radius 3 is 3.00 bits per heavy atom. The molecule has 0 bridgehead atoms. The van der Waals surface area contributed by atoms with E-state index < -0.39 is 0 Å². The van der Waals surface area contributed by atoms with Crippen LogP contribution in [0.3, 0.4) is 0 Å². The second kappa shape index (κ2) is 7.76. The van der Waals surface area contributed by atoms with E-state index in [9.17, 15) is 0 Å². The van der Waals surface area contributed by atoms with Gasteiger partial charge in [0.2, 0.25) is 0 Å². The lowest BCUT2D eigenvalue weighted by atomic mass is 10.0. The van der Waals surface area contributed by atoms with Crippen LogP contribution in [-0.4, -0.2) is 47.0 Å². The molecule has 2 heterocycles. The predicted octanol–water partition coefficient (Wildman–Crippen LogP) is 1.79. The monoisotopic (exact) mass is 280 g/mol. The summed E-state index contributed by atoms with van der Waals surface area (Å²) in [6.07, 6.45) is 7.87. The molecular formula is C15H28N4O. The second-order valence-electron chi connectivity index (χ2n) is 5.51. The maximum absolute atomic E-state index is 6.01. The summed E-state index contributed by atoms with van der Waals surface area (Å²) in [7, 11) is 0. The van der Waals surface area contributed by atoms with Crippen molar-refractivity contribution >= 4 is 0 Å². The lowest BCUT2D eigenvalue weighted by Crippen LogP contribution is -2.44. The maximum Gasteiger partial charge on any atom is 0.0702 e. The number of nitrogens with zero attached hydrogens (tertiary/aromatic N) is 3. The molecule has 1 aliphatic rings. The van der Waals surface area contributed by atoms with Crippen molar-refractivity contribution in [3.63, 3.8) is 0 Å². The summed E-state index contributed by atoms with van der Waals surface area (Å²) in [6, 6.07) is 0.267. The minimum absolute atomic E-state index is 0.267. The van der Waals surface area contributed by atoms with Gasteiger partial charge in [-0.25, -0.2) is 0 Å². The number of nitrogens with two attached hydrogens (primary N) is 1. The molecule has 2 unspecified atom stereocenters. The lowest BCUT2D eigenvalue weighted by Gasteiger charge is -2.37. The van der Waals surface area contributed by atoms with Gasteiger partial charge in [0.15, 0.2) is 0 Å². The van der Waals surface area contributed by atoms with E-state index in [1.54, 1.807) is 0 Å². The molecule has 0 aliphatic carbocycles. The number of likely N-dealkylation sites (tertiary alicyclic amines) is 1. The first kappa shape index (κ1) is 15.5. The second-order valence-corrected chi connectivity index (χ2v) is 5.51. The van der Waals surface area contributed by atoms with E-state index in [0.717, 1.165) is 32.7 Å². The molecule has 2 rings (SSSR count). The minimum Gasteiger partial charge on any atom is -0.377 e. The Labute approximate surface area is 122 Å². The molecule has 0 amide bonds. The largest absolute Gasteiger partial charge is 0.377 e. The van der Waals surface area contributed by atoms with E-state index in [1.807, 2.05) is 10.9 Å². The van der Waals surface area contributed by atoms with Crippen LogP contribution >= 0.6 is 0 Å². The number of aromatic nitrogens is 2. The van der Waals surface area contributed by atoms with E-state index in [2.05, 4.69) is 30.0 Å². The van der Waals surface area contributed by atoms with Gasteiger partial charge in [0.1, 0.15) is 0 Å². The molecule has 20 heavy (non-hydrogen) atoms. The Kier molecular flexibility index (Phi) is 6.01. The SMILES string of the molecule is CCCOC1CCCN(C(CN)c2cnn(CC)c2)C1. The summed E-state index contributed by atoms with van der Waals surface area (Å²) in [6.45, 7) is 8.74. The third-order valence-corrected chi connectivity index (χ3v) is 3.99. The van der Waals surface area contributed by atoms with Crippen molar-refractivity contribution in [1.82, 2.24) is 14.7 Å². The third-order valence-electron chi connectivity index (χ3n) is 3.99. The van der Waals surface area contributed by atoms with Crippen LogP contribution in [0, 0.1) is 0 Å². The first-order valence-corrected chi connectivity index (χ1v) is 7.86. The van der Waals surface area contributed by atoms with Crippen LogP contribution in [0.4, 0.5) is 0 Å². The minimum atomic E-state index is 0.267. The number of hydrogen-bond donors (Lipinski definition) is 1. The van der Waals surface area contributed by atoms with E-state index in [4.69, 9.17) is 10.5 Å². The zero-order chi connectivity index (χ0) is 14.4. The van der Waals surface area contributed by atoms with Gasteiger partial charge >= 0.3 is 0 Å². The fourth-order valence-electron chi connectivity index (χ4n) is 2.89. The van der Waals surface area contributed by atoms with Gasteiger partial charge < -0.3 is 10.5 Å². The molecule has 0 saturated carbocycles. The molecule has 1 aromatic rings. The summed E-state index contributed by atoms with van der Waals surface area (Å²) in [5.74, 6) is 0. The first-order valence-electron chi connectivity index (χ1n) is 7.86. The number of aryl methyl sites for hydroxylation is 1. The van der Waals surface area contributed by atoms with Crippen LogP contribution in [0.15, 0.2) is 12.4 Å². The quantitative estimate of drug-likeness (QED) is 0.827. The topological polar surface area (TPSA) is 56.3 Å². The fourth-order valence-corrected chi connectivity index (χ4v) is 2.89. The van der Waals surface area contributed by atoms with Crippen LogP contribution in [0.1, 0.15) is 44.7 Å². The number of piperidine rings is 1. The van der Waals surface area contributed by atoms with Gasteiger partial charge in [0, 0.05) is 38.0 Å². The predicted molar refractivity (Wildman–Crippen MR) is 80.5 cm³/mol. The Hall–Kier alpha value is -0.910. The van der Waals surface area contributed by atoms with Crippen LogP contribution in [0.2, 0.25) is 0 Å². The van der Waals surface area contributed by atoms with E-state index in [1.165, 1.54) is 18.4 Å². The molecule has 5 heteroatoms. The van der Waals surface area contributed by atoms with Crippen molar-refractivity contribution in [2.75, 3.05) is 26.2 Å². The van der Waals surface area contributed by atoms with Crippen molar-refractivity contribution in [1.29, 1.82) is 0 Å². The first-order chi connectivity index (χ1) is 9.78. The van der Waals surface area contributed by atoms with Crippen molar-refractivity contribution in [2.24, 2.45) is 5.73 Å². The zero-order valence-corrected chi connectivity index (χ0v) is 12.8. The normalized spacial score (nSPS) is 22.1. The van der Waals surface area contributed by atoms with Gasteiger partial charge in [0.25, 0.3) is 0 Å². The fraction of sp³-hybridized carbons (Fsp3) is 0.800. The molecule has 1 aromatic heterocycles. The van der Waals surface area contributed by atoms with Gasteiger partial charge in [-0.1, -0.05) is 6.92 Å². The van der Waals surface area contributed by atoms with E-state index in [-0.39, 0.29) is 6.04 Å². The van der Waals surface area contributed by atoms with Crippen LogP contribution in [-0.2, 0) is 11.3 Å². The van der Waals surface area contributed by atoms with Crippen molar-refractivity contribution in [2.45, 2.75) is 51.8 Å². The lowest BCUT2D eigenvalue weighted by molar-refractivity contribution is -0.0118. The van der Waals surface area contributed by atoms with Gasteiger partial charge in [-0.05, 0) is 32.7 Å². The molecule has 5 nitrogen and oxygen atoms in total. The summed E-state index contributed by atoms with van der Waals surface area (Å²) in [4.78, 5) is 2.46. The Balaban J connectivity index is 1.99. The molecule has 114 valence electrons. The highest BCUT2D eigenvalue weighted by molar-refractivity contribution is 5.11. The summed E-state index contributed by atoms with van der Waals surface area (Å²) in [5.41, 5.74) is 7.24. The molecule has 2 atom stereocenters. The third kappa shape index (κ3) is 3.81. The molecule has 2 N–H and O–H groups in total. The van der Waals surface area contributed by atoms with Crippen LogP contribution < -0.4 is 5.73 Å². The summed E-state index contributed by atoms with van der Waals surface area (Å²) >= 11 is 0. The van der Waals surface area contributed by atoms with Crippen LogP contribution in [0.25, 0.3) is 0 Å². The maximum atomic E-state index is 6.01. The number of rotatable bonds is 7. The van der Waals surface area contributed by atoms with E-state index in [0.29, 0.717) is 12.6 Å². The zero-order valence-electron chi connectivity index (χ0n) is 12.8. The highest BCUT2D eigenvalue weighted by Gasteiger charge is 2.27. The van der Waals surface area contributed by atoms with E-state index >= 15 is 0 Å². The van der Waals surface area contributed by atoms with Crippen molar-refractivity contribution < 1.29 is 4.74 Å². The Bertz CT molecular complexity index is 393. The number of hydrogen-bond acceptors (Lipinski definition) is 4. The van der Waals surface area contributed by atoms with Gasteiger partial charge in [-0.2, -0.15) is 5.10 Å². The molecule has 0 radical (unpaired) electrons. The van der Waals surface area contributed by atoms with Crippen molar-refractivity contribution in [3.8, 4) is 0 Å². The standard InChI is InChI=1S/C15H28N4O/c1-3-8-20-14-6-5-7-18(12-14)15(9-16)13-10-17-19(4-2)11-13/h10-11,14-15H,3-9,12,16H2,1-2H3. The average molecular weight is 280 g/mol. The Morgan fingerprint density at radius 1 is 1.50 bits per heavy atom. The molecular weight excluding hydrogens is 252 g/mol. The summed E-state index contributed by atoms with van der Waals surface area (Å²) in [5, 5.41) is 4.37. The van der Waals surface area contributed by atoms with Gasteiger partial charge in [-0.3, -0.25) is 9.58 Å². The molecule has 1 aliphatic heterocycles. The molecule has 1 saturated heterocycles. The molecule has 0 spiro atoms. The summed E-state index contributed by atoms with van der Waals surface area (Å²) < 4.78 is 7.88. The number of ether oxygens (including phenoxy) is 1. The molecule has 1 fully saturated rings.